The van der Waals surface area contributed by atoms with Crippen molar-refractivity contribution in [2.24, 2.45) is 0 Å². The maximum atomic E-state index is 12.5. The Balaban J connectivity index is 0.975. The van der Waals surface area contributed by atoms with Crippen LogP contribution in [0.3, 0.4) is 0 Å². The van der Waals surface area contributed by atoms with Gasteiger partial charge in [0.15, 0.2) is 0 Å². The molecule has 0 aromatic heterocycles. The van der Waals surface area contributed by atoms with E-state index in [1.165, 1.54) is 71.3 Å². The third kappa shape index (κ3) is 6.08. The van der Waals surface area contributed by atoms with Crippen molar-refractivity contribution in [1.82, 2.24) is 0 Å². The number of aryl methyl sites for hydroxylation is 1. The molecule has 1 aliphatic rings. The molecule has 0 saturated heterocycles. The summed E-state index contributed by atoms with van der Waals surface area (Å²) in [5, 5.41) is 22.1. The van der Waals surface area contributed by atoms with Gasteiger partial charge in [-0.1, -0.05) is 181 Å². The van der Waals surface area contributed by atoms with Crippen molar-refractivity contribution in [2.45, 2.75) is 17.9 Å². The molecule has 0 heterocycles. The standard InChI is InChI=1S/C62H44O3/c1-40-16-17-44-37-50(23-18-43(44)36-40)61(57-34-21-41-10-6-8-14-55(41)59(57)60-56-15-9-7-11-42(56)22-35-58(60)61)51-24-19-46-39-54(29-20-45(46)38-51)65-53-32-27-49(28-33-53)62(63,47-12-4-3-5-13-47)48-25-30-52(64-2)31-26-48/h3-39,63H,1-2H3. The van der Waals surface area contributed by atoms with E-state index in [9.17, 15) is 5.11 Å². The first-order valence-electron chi connectivity index (χ1n) is 22.2. The summed E-state index contributed by atoms with van der Waals surface area (Å²) in [6.07, 6.45) is 0. The van der Waals surface area contributed by atoms with Crippen molar-refractivity contribution in [3.8, 4) is 28.4 Å². The third-order valence-electron chi connectivity index (χ3n) is 13.8. The van der Waals surface area contributed by atoms with Crippen LogP contribution < -0.4 is 9.47 Å². The number of hydrogen-bond donors (Lipinski definition) is 1. The molecule has 11 aromatic carbocycles. The summed E-state index contributed by atoms with van der Waals surface area (Å²) in [5.74, 6) is 2.15. The highest BCUT2D eigenvalue weighted by Gasteiger charge is 2.47. The van der Waals surface area contributed by atoms with Crippen LogP contribution in [0.5, 0.6) is 17.2 Å². The van der Waals surface area contributed by atoms with E-state index in [4.69, 9.17) is 9.47 Å². The first-order valence-corrected chi connectivity index (χ1v) is 22.2. The monoisotopic (exact) mass is 836 g/mol. The van der Waals surface area contributed by atoms with E-state index in [0.717, 1.165) is 39.0 Å². The molecule has 0 saturated carbocycles. The molecule has 0 amide bonds. The summed E-state index contributed by atoms with van der Waals surface area (Å²) in [4.78, 5) is 0. The first kappa shape index (κ1) is 38.7. The lowest BCUT2D eigenvalue weighted by Crippen LogP contribution is -2.28. The zero-order valence-corrected chi connectivity index (χ0v) is 36.1. The van der Waals surface area contributed by atoms with Gasteiger partial charge in [0.1, 0.15) is 22.8 Å². The van der Waals surface area contributed by atoms with E-state index >= 15 is 0 Å². The number of rotatable bonds is 8. The Bertz CT molecular complexity index is 3540. The van der Waals surface area contributed by atoms with Gasteiger partial charge in [-0.25, -0.2) is 0 Å². The van der Waals surface area contributed by atoms with Crippen molar-refractivity contribution in [3.63, 3.8) is 0 Å². The van der Waals surface area contributed by atoms with Crippen LogP contribution >= 0.6 is 0 Å². The summed E-state index contributed by atoms with van der Waals surface area (Å²) in [5.41, 5.74) is 9.19. The van der Waals surface area contributed by atoms with E-state index < -0.39 is 11.0 Å². The van der Waals surface area contributed by atoms with Crippen LogP contribution in [0.1, 0.15) is 44.5 Å². The molecule has 1 atom stereocenters. The van der Waals surface area contributed by atoms with E-state index in [1.54, 1.807) is 7.11 Å². The van der Waals surface area contributed by atoms with Gasteiger partial charge in [0.2, 0.25) is 0 Å². The number of fused-ring (bicyclic) bond motifs is 9. The molecule has 0 bridgehead atoms. The molecule has 65 heavy (non-hydrogen) atoms. The summed E-state index contributed by atoms with van der Waals surface area (Å²) in [6, 6.07) is 79.3. The number of methoxy groups -OCH3 is 1. The SMILES string of the molecule is COc1ccc(C(O)(c2ccccc2)c2ccc(Oc3ccc4cc(C5(c6ccc7cc(C)ccc7c6)c6ccc7ccccc7c6-c6c5ccc5ccccc65)ccc4c3)cc2)cc1. The second-order valence-corrected chi connectivity index (χ2v) is 17.4. The molecule has 1 N–H and O–H groups in total. The lowest BCUT2D eigenvalue weighted by Gasteiger charge is -2.34. The van der Waals surface area contributed by atoms with Gasteiger partial charge in [-0.05, 0) is 149 Å². The maximum Gasteiger partial charge on any atom is 0.140 e. The molecular formula is C62H44O3. The molecule has 0 fully saturated rings. The molecule has 0 radical (unpaired) electrons. The average molecular weight is 837 g/mol. The minimum Gasteiger partial charge on any atom is -0.497 e. The Morgan fingerprint density at radius 1 is 0.385 bits per heavy atom. The normalized spacial score (nSPS) is 13.7. The molecule has 1 aliphatic carbocycles. The minimum atomic E-state index is -1.38. The van der Waals surface area contributed by atoms with E-state index in [1.807, 2.05) is 78.9 Å². The van der Waals surface area contributed by atoms with Crippen LogP contribution in [0.4, 0.5) is 0 Å². The molecule has 11 aromatic rings. The summed E-state index contributed by atoms with van der Waals surface area (Å²) >= 11 is 0. The maximum absolute atomic E-state index is 12.5. The van der Waals surface area contributed by atoms with Crippen molar-refractivity contribution >= 4 is 43.1 Å². The van der Waals surface area contributed by atoms with Crippen LogP contribution in [0.25, 0.3) is 54.2 Å². The van der Waals surface area contributed by atoms with Gasteiger partial charge in [-0.3, -0.25) is 0 Å². The lowest BCUT2D eigenvalue weighted by atomic mass is 9.67. The predicted molar refractivity (Wildman–Crippen MR) is 267 cm³/mol. The Labute approximate surface area is 378 Å². The van der Waals surface area contributed by atoms with Crippen LogP contribution in [-0.4, -0.2) is 12.2 Å². The molecule has 310 valence electrons. The Kier molecular flexibility index (Phi) is 8.98. The van der Waals surface area contributed by atoms with Gasteiger partial charge < -0.3 is 14.6 Å². The van der Waals surface area contributed by atoms with Crippen LogP contribution in [0.15, 0.2) is 224 Å². The Morgan fingerprint density at radius 3 is 1.42 bits per heavy atom. The van der Waals surface area contributed by atoms with Crippen molar-refractivity contribution in [2.75, 3.05) is 7.11 Å². The average Bonchev–Trinajstić information content (AvgIpc) is 3.68. The van der Waals surface area contributed by atoms with Crippen molar-refractivity contribution in [1.29, 1.82) is 0 Å². The molecule has 3 nitrogen and oxygen atoms in total. The topological polar surface area (TPSA) is 38.7 Å². The largest absolute Gasteiger partial charge is 0.497 e. The molecular weight excluding hydrogens is 793 g/mol. The van der Waals surface area contributed by atoms with Crippen molar-refractivity contribution in [3.05, 3.63) is 269 Å². The van der Waals surface area contributed by atoms with E-state index in [2.05, 4.69) is 153 Å². The van der Waals surface area contributed by atoms with Gasteiger partial charge in [0.25, 0.3) is 0 Å². The number of benzene rings is 11. The Hall–Kier alpha value is -7.98. The molecule has 0 spiro atoms. The van der Waals surface area contributed by atoms with Gasteiger partial charge in [-0.2, -0.15) is 0 Å². The first-order chi connectivity index (χ1) is 31.9. The second-order valence-electron chi connectivity index (χ2n) is 17.4. The third-order valence-corrected chi connectivity index (χ3v) is 13.8. The molecule has 1 unspecified atom stereocenters. The summed E-state index contributed by atoms with van der Waals surface area (Å²) in [7, 11) is 1.64. The van der Waals surface area contributed by atoms with Crippen LogP contribution in [0.2, 0.25) is 0 Å². The highest BCUT2D eigenvalue weighted by Crippen LogP contribution is 2.60. The Morgan fingerprint density at radius 2 is 0.831 bits per heavy atom. The zero-order valence-electron chi connectivity index (χ0n) is 36.1. The quantitative estimate of drug-likeness (QED) is 0.155. The fraction of sp³-hybridized carbons (Fsp3) is 0.0645. The van der Waals surface area contributed by atoms with Crippen LogP contribution in [-0.2, 0) is 11.0 Å². The number of aliphatic hydroxyl groups is 1. The molecule has 12 rings (SSSR count). The van der Waals surface area contributed by atoms with Crippen molar-refractivity contribution < 1.29 is 14.6 Å². The smallest absolute Gasteiger partial charge is 0.140 e. The summed E-state index contributed by atoms with van der Waals surface area (Å²) < 4.78 is 12.0. The fourth-order valence-electron chi connectivity index (χ4n) is 10.7. The fourth-order valence-corrected chi connectivity index (χ4v) is 10.7. The highest BCUT2D eigenvalue weighted by molar-refractivity contribution is 6.12. The van der Waals surface area contributed by atoms with Gasteiger partial charge in [0, 0.05) is 0 Å². The summed E-state index contributed by atoms with van der Waals surface area (Å²) in [6.45, 7) is 2.16. The predicted octanol–water partition coefficient (Wildman–Crippen LogP) is 15.1. The van der Waals surface area contributed by atoms with E-state index in [0.29, 0.717) is 5.75 Å². The number of ether oxygens (including phenoxy) is 2. The van der Waals surface area contributed by atoms with Gasteiger partial charge in [0.05, 0.1) is 12.5 Å². The molecule has 3 heteroatoms. The lowest BCUT2D eigenvalue weighted by molar-refractivity contribution is 0.125. The van der Waals surface area contributed by atoms with Crippen LogP contribution in [0, 0.1) is 6.92 Å². The number of hydrogen-bond acceptors (Lipinski definition) is 3. The van der Waals surface area contributed by atoms with Gasteiger partial charge in [-0.15, -0.1) is 0 Å². The molecule has 0 aliphatic heterocycles. The minimum absolute atomic E-state index is 0.601. The zero-order chi connectivity index (χ0) is 43.7. The van der Waals surface area contributed by atoms with E-state index in [-0.39, 0.29) is 0 Å². The second kappa shape index (κ2) is 15.1. The highest BCUT2D eigenvalue weighted by atomic mass is 16.5. The van der Waals surface area contributed by atoms with Gasteiger partial charge >= 0.3 is 0 Å².